The van der Waals surface area contributed by atoms with Gasteiger partial charge in [0.05, 0.1) is 5.54 Å². The molecule has 1 heterocycles. The second-order valence-electron chi connectivity index (χ2n) is 4.19. The lowest BCUT2D eigenvalue weighted by molar-refractivity contribution is 0.482. The Morgan fingerprint density at radius 3 is 2.60 bits per heavy atom. The van der Waals surface area contributed by atoms with Crippen molar-refractivity contribution < 1.29 is 0 Å². The Hall–Kier alpha value is -0.960. The van der Waals surface area contributed by atoms with Gasteiger partial charge in [-0.25, -0.2) is 0 Å². The van der Waals surface area contributed by atoms with E-state index >= 15 is 0 Å². The van der Waals surface area contributed by atoms with E-state index in [4.69, 9.17) is 5.73 Å². The largest absolute Gasteiger partial charge is 0.379 e. The number of thioether (sulfide) groups is 1. The number of hydrogen-bond acceptors (Lipinski definition) is 3. The molecule has 0 saturated heterocycles. The Morgan fingerprint density at radius 1 is 1.33 bits per heavy atom. The number of benzene rings is 1. The van der Waals surface area contributed by atoms with Crippen LogP contribution >= 0.6 is 11.8 Å². The van der Waals surface area contributed by atoms with Crippen molar-refractivity contribution in [3.05, 3.63) is 35.4 Å². The summed E-state index contributed by atoms with van der Waals surface area (Å²) in [4.78, 5) is 4.57. The van der Waals surface area contributed by atoms with Crippen molar-refractivity contribution in [1.29, 1.82) is 0 Å². The van der Waals surface area contributed by atoms with Crippen LogP contribution in [0.4, 0.5) is 0 Å². The predicted molar refractivity (Wildman–Crippen MR) is 67.2 cm³/mol. The van der Waals surface area contributed by atoms with Gasteiger partial charge in [0, 0.05) is 5.75 Å². The van der Waals surface area contributed by atoms with E-state index in [-0.39, 0.29) is 5.54 Å². The highest BCUT2D eigenvalue weighted by atomic mass is 32.2. The van der Waals surface area contributed by atoms with E-state index in [0.717, 1.165) is 12.2 Å². The zero-order chi connectivity index (χ0) is 10.9. The fourth-order valence-electron chi connectivity index (χ4n) is 1.81. The fourth-order valence-corrected chi connectivity index (χ4v) is 2.78. The van der Waals surface area contributed by atoms with Crippen molar-refractivity contribution in [3.63, 3.8) is 0 Å². The van der Waals surface area contributed by atoms with Crippen molar-refractivity contribution >= 4 is 16.9 Å². The second-order valence-corrected chi connectivity index (χ2v) is 5.30. The molecule has 0 saturated carbocycles. The predicted octanol–water partition coefficient (Wildman–Crippen LogP) is 2.66. The van der Waals surface area contributed by atoms with Crippen molar-refractivity contribution in [1.82, 2.24) is 0 Å². The standard InChI is InChI=1S/C12H16N2S/c1-9-3-5-10(6-4-9)12(2)7-8-15-11(13)14-12/h3-6H,7-8H2,1-2H3,(H2,13,14). The molecule has 2 N–H and O–H groups in total. The van der Waals surface area contributed by atoms with E-state index in [0.29, 0.717) is 5.17 Å². The van der Waals surface area contributed by atoms with Crippen LogP contribution in [-0.4, -0.2) is 10.9 Å². The maximum absolute atomic E-state index is 5.79. The van der Waals surface area contributed by atoms with Crippen LogP contribution in [0.3, 0.4) is 0 Å². The van der Waals surface area contributed by atoms with Gasteiger partial charge < -0.3 is 5.73 Å². The topological polar surface area (TPSA) is 38.4 Å². The molecule has 2 nitrogen and oxygen atoms in total. The molecule has 0 aromatic heterocycles. The van der Waals surface area contributed by atoms with E-state index in [1.54, 1.807) is 11.8 Å². The number of aliphatic imine (C=N–C) groups is 1. The summed E-state index contributed by atoms with van der Waals surface area (Å²) in [6.07, 6.45) is 1.06. The highest BCUT2D eigenvalue weighted by molar-refractivity contribution is 8.13. The van der Waals surface area contributed by atoms with Crippen LogP contribution in [0.15, 0.2) is 29.3 Å². The summed E-state index contributed by atoms with van der Waals surface area (Å²) >= 11 is 1.65. The smallest absolute Gasteiger partial charge is 0.154 e. The quantitative estimate of drug-likeness (QED) is 0.790. The van der Waals surface area contributed by atoms with E-state index < -0.39 is 0 Å². The van der Waals surface area contributed by atoms with Gasteiger partial charge in [0.15, 0.2) is 5.17 Å². The third kappa shape index (κ3) is 2.17. The van der Waals surface area contributed by atoms with Crippen LogP contribution in [0.5, 0.6) is 0 Å². The SMILES string of the molecule is Cc1ccc(C2(C)CCSC(N)=N2)cc1. The normalized spacial score (nSPS) is 26.1. The highest BCUT2D eigenvalue weighted by Crippen LogP contribution is 2.34. The molecule has 1 unspecified atom stereocenters. The molecule has 1 aromatic carbocycles. The Labute approximate surface area is 95.0 Å². The lowest BCUT2D eigenvalue weighted by Crippen LogP contribution is -2.28. The van der Waals surface area contributed by atoms with Gasteiger partial charge in [-0.1, -0.05) is 41.6 Å². The van der Waals surface area contributed by atoms with Gasteiger partial charge in [0.1, 0.15) is 0 Å². The number of nitrogens with two attached hydrogens (primary N) is 1. The minimum absolute atomic E-state index is 0.122. The first-order valence-corrected chi connectivity index (χ1v) is 6.14. The van der Waals surface area contributed by atoms with Crippen LogP contribution in [-0.2, 0) is 5.54 Å². The molecule has 0 amide bonds. The average Bonchev–Trinajstić information content (AvgIpc) is 2.18. The molecule has 80 valence electrons. The van der Waals surface area contributed by atoms with E-state index in [1.807, 2.05) is 0 Å². The van der Waals surface area contributed by atoms with Gasteiger partial charge in [0.25, 0.3) is 0 Å². The third-order valence-electron chi connectivity index (χ3n) is 2.87. The number of amidine groups is 1. The lowest BCUT2D eigenvalue weighted by Gasteiger charge is -2.29. The molecule has 0 bridgehead atoms. The van der Waals surface area contributed by atoms with Crippen LogP contribution < -0.4 is 5.73 Å². The maximum Gasteiger partial charge on any atom is 0.154 e. The van der Waals surface area contributed by atoms with E-state index in [9.17, 15) is 0 Å². The molecule has 0 radical (unpaired) electrons. The maximum atomic E-state index is 5.79. The van der Waals surface area contributed by atoms with E-state index in [1.165, 1.54) is 11.1 Å². The lowest BCUT2D eigenvalue weighted by atomic mass is 9.89. The summed E-state index contributed by atoms with van der Waals surface area (Å²) in [7, 11) is 0. The summed E-state index contributed by atoms with van der Waals surface area (Å²) < 4.78 is 0. The van der Waals surface area contributed by atoms with Crippen LogP contribution in [0.1, 0.15) is 24.5 Å². The molecular formula is C12H16N2S. The molecule has 1 atom stereocenters. The minimum Gasteiger partial charge on any atom is -0.379 e. The van der Waals surface area contributed by atoms with Crippen molar-refractivity contribution in [2.24, 2.45) is 10.7 Å². The third-order valence-corrected chi connectivity index (χ3v) is 3.66. The van der Waals surface area contributed by atoms with Gasteiger partial charge in [0.2, 0.25) is 0 Å². The number of aryl methyl sites for hydroxylation is 1. The molecule has 2 rings (SSSR count). The number of nitrogens with zero attached hydrogens (tertiary/aromatic N) is 1. The summed E-state index contributed by atoms with van der Waals surface area (Å²) in [6.45, 7) is 4.25. The first kappa shape index (κ1) is 10.6. The van der Waals surface area contributed by atoms with Crippen LogP contribution in [0, 0.1) is 6.92 Å². The van der Waals surface area contributed by atoms with Gasteiger partial charge >= 0.3 is 0 Å². The Morgan fingerprint density at radius 2 is 2.00 bits per heavy atom. The summed E-state index contributed by atoms with van der Waals surface area (Å²) in [5.41, 5.74) is 8.21. The first-order valence-electron chi connectivity index (χ1n) is 5.15. The van der Waals surface area contributed by atoms with E-state index in [2.05, 4.69) is 43.1 Å². The molecule has 3 heteroatoms. The summed E-state index contributed by atoms with van der Waals surface area (Å²) in [6, 6.07) is 8.58. The molecular weight excluding hydrogens is 204 g/mol. The first-order chi connectivity index (χ1) is 7.10. The fraction of sp³-hybridized carbons (Fsp3) is 0.417. The average molecular weight is 220 g/mol. The van der Waals surface area contributed by atoms with Gasteiger partial charge in [-0.15, -0.1) is 0 Å². The van der Waals surface area contributed by atoms with Crippen molar-refractivity contribution in [2.45, 2.75) is 25.8 Å². The summed E-state index contributed by atoms with van der Waals surface area (Å²) in [5.74, 6) is 1.06. The Balaban J connectivity index is 2.36. The molecule has 0 spiro atoms. The highest BCUT2D eigenvalue weighted by Gasteiger charge is 2.28. The van der Waals surface area contributed by atoms with Gasteiger partial charge in [-0.3, -0.25) is 4.99 Å². The molecule has 15 heavy (non-hydrogen) atoms. The number of rotatable bonds is 1. The molecule has 1 aliphatic rings. The molecule has 1 aromatic rings. The van der Waals surface area contributed by atoms with Crippen molar-refractivity contribution in [3.8, 4) is 0 Å². The zero-order valence-electron chi connectivity index (χ0n) is 9.16. The van der Waals surface area contributed by atoms with Crippen molar-refractivity contribution in [2.75, 3.05) is 5.75 Å². The molecule has 0 aliphatic carbocycles. The van der Waals surface area contributed by atoms with Crippen LogP contribution in [0.25, 0.3) is 0 Å². The van der Waals surface area contributed by atoms with Gasteiger partial charge in [-0.05, 0) is 25.8 Å². The monoisotopic (exact) mass is 220 g/mol. The number of hydrogen-bond donors (Lipinski definition) is 1. The zero-order valence-corrected chi connectivity index (χ0v) is 9.97. The summed E-state index contributed by atoms with van der Waals surface area (Å²) in [5, 5.41) is 0.712. The molecule has 1 aliphatic heterocycles. The Bertz CT molecular complexity index is 383. The Kier molecular flexibility index (Phi) is 2.74. The van der Waals surface area contributed by atoms with Gasteiger partial charge in [-0.2, -0.15) is 0 Å². The minimum atomic E-state index is -0.122. The van der Waals surface area contributed by atoms with Crippen LogP contribution in [0.2, 0.25) is 0 Å². The second kappa shape index (κ2) is 3.89. The molecule has 0 fully saturated rings.